The van der Waals surface area contributed by atoms with E-state index in [1.807, 2.05) is 0 Å². The number of amidine groups is 1. The van der Waals surface area contributed by atoms with E-state index in [2.05, 4.69) is 15.8 Å². The first-order valence-corrected chi connectivity index (χ1v) is 4.76. The average molecular weight is 232 g/mol. The highest BCUT2D eigenvalue weighted by Gasteiger charge is 2.04. The minimum Gasteiger partial charge on any atom is -0.370 e. The van der Waals surface area contributed by atoms with E-state index in [1.165, 1.54) is 6.92 Å². The van der Waals surface area contributed by atoms with E-state index in [-0.39, 0.29) is 22.8 Å². The Morgan fingerprint density at radius 2 is 2.00 bits per heavy atom. The zero-order valence-electron chi connectivity index (χ0n) is 8.03. The molecule has 0 aliphatic heterocycles. The quantitative estimate of drug-likeness (QED) is 0.214. The first kappa shape index (κ1) is 13.2. The predicted octanol–water partition coefficient (Wildman–Crippen LogP) is -1.90. The van der Waals surface area contributed by atoms with E-state index in [4.69, 9.17) is 16.9 Å². The third-order valence-corrected chi connectivity index (χ3v) is 1.72. The van der Waals surface area contributed by atoms with Gasteiger partial charge in [-0.25, -0.2) is 0 Å². The minimum atomic E-state index is -0.453. The van der Waals surface area contributed by atoms with Gasteiger partial charge in [-0.15, -0.1) is 0 Å². The molecule has 2 amide bonds. The van der Waals surface area contributed by atoms with Crippen molar-refractivity contribution in [1.82, 2.24) is 10.9 Å². The number of hydrazine groups is 1. The first-order chi connectivity index (χ1) is 6.91. The van der Waals surface area contributed by atoms with Gasteiger partial charge >= 0.3 is 0 Å². The van der Waals surface area contributed by atoms with Gasteiger partial charge < -0.3 is 11.5 Å². The molecule has 0 bridgehead atoms. The van der Waals surface area contributed by atoms with Crippen LogP contribution in [0.4, 0.5) is 0 Å². The van der Waals surface area contributed by atoms with Gasteiger partial charge in [0.1, 0.15) is 0 Å². The maximum Gasteiger partial charge on any atom is 0.248 e. The Kier molecular flexibility index (Phi) is 5.86. The lowest BCUT2D eigenvalue weighted by Crippen LogP contribution is -2.41. The fourth-order valence-corrected chi connectivity index (χ4v) is 0.987. The number of carbonyl (C=O) groups is 2. The van der Waals surface area contributed by atoms with Crippen molar-refractivity contribution in [2.75, 3.05) is 5.75 Å². The van der Waals surface area contributed by atoms with Gasteiger partial charge in [0, 0.05) is 6.92 Å². The molecule has 0 aromatic rings. The minimum absolute atomic E-state index is 0.0596. The molecular formula is C6H12N6O2S. The second-order valence-electron chi connectivity index (χ2n) is 2.36. The summed E-state index contributed by atoms with van der Waals surface area (Å²) in [6.45, 7) is 1.26. The van der Waals surface area contributed by atoms with Gasteiger partial charge in [-0.3, -0.25) is 25.8 Å². The lowest BCUT2D eigenvalue weighted by atomic mass is 10.7. The predicted molar refractivity (Wildman–Crippen MR) is 58.0 cm³/mol. The number of thioether (sulfide) groups is 1. The molecule has 0 spiro atoms. The summed E-state index contributed by atoms with van der Waals surface area (Å²) in [5.74, 6) is -1.14. The maximum atomic E-state index is 11.0. The van der Waals surface area contributed by atoms with E-state index in [0.717, 1.165) is 11.8 Å². The topological polar surface area (TPSA) is 146 Å². The molecule has 0 aliphatic rings. The lowest BCUT2D eigenvalue weighted by molar-refractivity contribution is -0.126. The second-order valence-corrected chi connectivity index (χ2v) is 3.32. The molecule has 0 saturated carbocycles. The molecule has 0 heterocycles. The molecule has 0 aliphatic carbocycles. The Morgan fingerprint density at radius 3 is 2.47 bits per heavy atom. The first-order valence-electron chi connectivity index (χ1n) is 3.78. The van der Waals surface area contributed by atoms with Crippen molar-refractivity contribution in [3.8, 4) is 0 Å². The van der Waals surface area contributed by atoms with Crippen LogP contribution in [0.3, 0.4) is 0 Å². The Balaban J connectivity index is 3.76. The van der Waals surface area contributed by atoms with Crippen LogP contribution in [0.15, 0.2) is 4.99 Å². The van der Waals surface area contributed by atoms with Crippen molar-refractivity contribution in [2.45, 2.75) is 6.92 Å². The Morgan fingerprint density at radius 1 is 1.40 bits per heavy atom. The smallest absolute Gasteiger partial charge is 0.248 e. The van der Waals surface area contributed by atoms with Crippen LogP contribution in [-0.2, 0) is 9.59 Å². The van der Waals surface area contributed by atoms with Crippen molar-refractivity contribution >= 4 is 34.7 Å². The van der Waals surface area contributed by atoms with Gasteiger partial charge in [0.05, 0.1) is 5.75 Å². The summed E-state index contributed by atoms with van der Waals surface area (Å²) in [6, 6.07) is 0. The fraction of sp³-hybridized carbons (Fsp3) is 0.333. The van der Waals surface area contributed by atoms with E-state index in [0.29, 0.717) is 0 Å². The molecule has 84 valence electrons. The van der Waals surface area contributed by atoms with Gasteiger partial charge in [0.15, 0.2) is 11.1 Å². The SMILES string of the molecule is CC(=O)NNC(=O)CSC(=N)N=C(N)N. The number of carbonyl (C=O) groups excluding carboxylic acids is 2. The van der Waals surface area contributed by atoms with Crippen molar-refractivity contribution in [1.29, 1.82) is 5.41 Å². The monoisotopic (exact) mass is 232 g/mol. The Hall–Kier alpha value is -1.77. The molecule has 0 radical (unpaired) electrons. The van der Waals surface area contributed by atoms with Crippen LogP contribution in [0.25, 0.3) is 0 Å². The van der Waals surface area contributed by atoms with Crippen LogP contribution in [0, 0.1) is 5.41 Å². The molecule has 7 N–H and O–H groups in total. The summed E-state index contributed by atoms with van der Waals surface area (Å²) in [5, 5.41) is 7.00. The van der Waals surface area contributed by atoms with E-state index in [1.54, 1.807) is 0 Å². The van der Waals surface area contributed by atoms with Crippen molar-refractivity contribution in [3.63, 3.8) is 0 Å². The van der Waals surface area contributed by atoms with Crippen molar-refractivity contribution in [3.05, 3.63) is 0 Å². The molecule has 0 fully saturated rings. The zero-order chi connectivity index (χ0) is 11.8. The highest BCUT2D eigenvalue weighted by atomic mass is 32.2. The molecule has 0 aromatic carbocycles. The molecule has 0 saturated heterocycles. The summed E-state index contributed by atoms with van der Waals surface area (Å²) < 4.78 is 0. The standard InChI is InChI=1S/C6H12N6O2S/c1-3(13)11-12-4(14)2-15-6(9)10-5(7)8/h2H2,1H3,(H,11,13)(H,12,14)(H5,7,8,9,10). The number of nitrogens with two attached hydrogens (primary N) is 2. The van der Waals surface area contributed by atoms with Crippen LogP contribution in [0.1, 0.15) is 6.92 Å². The number of rotatable bonds is 2. The van der Waals surface area contributed by atoms with E-state index in [9.17, 15) is 9.59 Å². The van der Waals surface area contributed by atoms with Crippen molar-refractivity contribution in [2.24, 2.45) is 16.5 Å². The van der Waals surface area contributed by atoms with Crippen molar-refractivity contribution < 1.29 is 9.59 Å². The van der Waals surface area contributed by atoms with Crippen LogP contribution < -0.4 is 22.3 Å². The van der Waals surface area contributed by atoms with Crippen LogP contribution in [-0.4, -0.2) is 28.7 Å². The number of nitrogens with zero attached hydrogens (tertiary/aromatic N) is 1. The molecule has 0 atom stereocenters. The van der Waals surface area contributed by atoms with Gasteiger partial charge in [0.25, 0.3) is 0 Å². The highest BCUT2D eigenvalue weighted by molar-refractivity contribution is 8.14. The Bertz CT molecular complexity index is 298. The number of amides is 2. The summed E-state index contributed by atoms with van der Waals surface area (Å²) >= 11 is 0.837. The average Bonchev–Trinajstić information content (AvgIpc) is 2.10. The van der Waals surface area contributed by atoms with Crippen LogP contribution in [0.2, 0.25) is 0 Å². The normalized spacial score (nSPS) is 8.87. The number of hydrogen-bond donors (Lipinski definition) is 5. The van der Waals surface area contributed by atoms with Gasteiger partial charge in [-0.2, -0.15) is 4.99 Å². The number of aliphatic imine (C=N–C) groups is 1. The molecule has 0 rings (SSSR count). The maximum absolute atomic E-state index is 11.0. The third-order valence-electron chi connectivity index (χ3n) is 0.949. The third kappa shape index (κ3) is 8.56. The van der Waals surface area contributed by atoms with Crippen LogP contribution in [0.5, 0.6) is 0 Å². The number of nitrogens with one attached hydrogen (secondary N) is 3. The molecule has 0 unspecified atom stereocenters. The summed E-state index contributed by atoms with van der Waals surface area (Å²) in [7, 11) is 0. The molecule has 0 aromatic heterocycles. The van der Waals surface area contributed by atoms with Crippen LogP contribution >= 0.6 is 11.8 Å². The number of hydrogen-bond acceptors (Lipinski definition) is 4. The zero-order valence-corrected chi connectivity index (χ0v) is 8.85. The van der Waals surface area contributed by atoms with E-state index < -0.39 is 5.91 Å². The summed E-state index contributed by atoms with van der Waals surface area (Å²) in [5.41, 5.74) is 14.3. The summed E-state index contributed by atoms with van der Waals surface area (Å²) in [6.07, 6.45) is 0. The second kappa shape index (κ2) is 6.65. The number of guanidine groups is 1. The van der Waals surface area contributed by atoms with Gasteiger partial charge in [0.2, 0.25) is 11.8 Å². The molecule has 15 heavy (non-hydrogen) atoms. The largest absolute Gasteiger partial charge is 0.370 e. The lowest BCUT2D eigenvalue weighted by Gasteiger charge is -2.03. The fourth-order valence-electron chi connectivity index (χ4n) is 0.477. The molecule has 8 nitrogen and oxygen atoms in total. The Labute approximate surface area is 90.3 Å². The molecular weight excluding hydrogens is 220 g/mol. The summed E-state index contributed by atoms with van der Waals surface area (Å²) in [4.78, 5) is 24.8. The highest BCUT2D eigenvalue weighted by Crippen LogP contribution is 2.01. The van der Waals surface area contributed by atoms with E-state index >= 15 is 0 Å². The van der Waals surface area contributed by atoms with Gasteiger partial charge in [-0.1, -0.05) is 11.8 Å². The molecule has 9 heteroatoms. The van der Waals surface area contributed by atoms with Gasteiger partial charge in [-0.05, 0) is 0 Å².